The van der Waals surface area contributed by atoms with E-state index < -0.39 is 0 Å². The van der Waals surface area contributed by atoms with Crippen molar-refractivity contribution in [2.24, 2.45) is 0 Å². The zero-order valence-corrected chi connectivity index (χ0v) is 9.12. The molecule has 0 saturated heterocycles. The minimum atomic E-state index is -0.360. The van der Waals surface area contributed by atoms with Crippen LogP contribution >= 0.6 is 0 Å². The maximum absolute atomic E-state index is 9.44. The quantitative estimate of drug-likeness (QED) is 0.803. The first kappa shape index (κ1) is 10.3. The number of hydrogen-bond donors (Lipinski definition) is 1. The Labute approximate surface area is 89.6 Å². The molecule has 2 rings (SSSR count). The van der Waals surface area contributed by atoms with Crippen molar-refractivity contribution in [3.8, 4) is 11.5 Å². The molecule has 0 radical (unpaired) electrons. The molecular weight excluding hydrogens is 192 g/mol. The molecule has 0 aliphatic carbocycles. The van der Waals surface area contributed by atoms with Gasteiger partial charge in [-0.15, -0.1) is 0 Å². The van der Waals surface area contributed by atoms with Gasteiger partial charge >= 0.3 is 0 Å². The first-order valence-corrected chi connectivity index (χ1v) is 5.24. The van der Waals surface area contributed by atoms with Gasteiger partial charge in [-0.1, -0.05) is 6.07 Å². The Balaban J connectivity index is 2.41. The van der Waals surface area contributed by atoms with Gasteiger partial charge in [-0.2, -0.15) is 0 Å². The summed E-state index contributed by atoms with van der Waals surface area (Å²) in [5.41, 5.74) is 2.20. The summed E-state index contributed by atoms with van der Waals surface area (Å²) in [5.74, 6) is 1.60. The van der Waals surface area contributed by atoms with Crippen LogP contribution in [0.2, 0.25) is 0 Å². The van der Waals surface area contributed by atoms with Gasteiger partial charge in [0.25, 0.3) is 0 Å². The van der Waals surface area contributed by atoms with Crippen LogP contribution in [0.1, 0.15) is 18.1 Å². The number of hydrogen-bond acceptors (Lipinski definition) is 3. The average Bonchev–Trinajstić information content (AvgIpc) is 2.22. The van der Waals surface area contributed by atoms with Crippen molar-refractivity contribution in [2.45, 2.75) is 26.4 Å². The van der Waals surface area contributed by atoms with E-state index in [4.69, 9.17) is 9.47 Å². The predicted octanol–water partition coefficient (Wildman–Crippen LogP) is 1.69. The highest BCUT2D eigenvalue weighted by Crippen LogP contribution is 2.36. The highest BCUT2D eigenvalue weighted by molar-refractivity contribution is 5.51. The Morgan fingerprint density at radius 1 is 1.33 bits per heavy atom. The lowest BCUT2D eigenvalue weighted by Crippen LogP contribution is -2.18. The molecule has 0 bridgehead atoms. The largest absolute Gasteiger partial charge is 0.486 e. The number of rotatable bonds is 2. The van der Waals surface area contributed by atoms with E-state index in [1.807, 2.05) is 19.1 Å². The number of aliphatic hydroxyl groups excluding tert-OH is 1. The Kier molecular flexibility index (Phi) is 2.82. The molecule has 1 aromatic carbocycles. The van der Waals surface area contributed by atoms with Crippen LogP contribution in [0.3, 0.4) is 0 Å². The molecule has 82 valence electrons. The summed E-state index contributed by atoms with van der Waals surface area (Å²) < 4.78 is 11.1. The molecule has 1 unspecified atom stereocenters. The molecule has 1 atom stereocenters. The van der Waals surface area contributed by atoms with Gasteiger partial charge < -0.3 is 14.6 Å². The normalized spacial score (nSPS) is 16.2. The van der Waals surface area contributed by atoms with Crippen LogP contribution in [0.4, 0.5) is 0 Å². The molecular formula is C12H16O3. The van der Waals surface area contributed by atoms with Crippen LogP contribution in [0.5, 0.6) is 11.5 Å². The molecule has 1 heterocycles. The first-order valence-electron chi connectivity index (χ1n) is 5.24. The molecule has 3 heteroatoms. The number of ether oxygens (including phenoxy) is 2. The van der Waals surface area contributed by atoms with Crippen LogP contribution in [0.25, 0.3) is 0 Å². The maximum atomic E-state index is 9.44. The Morgan fingerprint density at radius 3 is 2.80 bits per heavy atom. The van der Waals surface area contributed by atoms with E-state index in [0.717, 1.165) is 22.6 Å². The number of benzene rings is 1. The lowest BCUT2D eigenvalue weighted by molar-refractivity contribution is 0.163. The van der Waals surface area contributed by atoms with E-state index in [1.54, 1.807) is 6.92 Å². The van der Waals surface area contributed by atoms with Crippen molar-refractivity contribution in [1.29, 1.82) is 0 Å². The van der Waals surface area contributed by atoms with Crippen molar-refractivity contribution < 1.29 is 14.6 Å². The second kappa shape index (κ2) is 4.11. The summed E-state index contributed by atoms with van der Waals surface area (Å²) in [7, 11) is 0. The second-order valence-electron chi connectivity index (χ2n) is 3.94. The summed E-state index contributed by atoms with van der Waals surface area (Å²) in [4.78, 5) is 0. The summed E-state index contributed by atoms with van der Waals surface area (Å²) in [6.07, 6.45) is 0.249. The first-order chi connectivity index (χ1) is 7.18. The van der Waals surface area contributed by atoms with E-state index >= 15 is 0 Å². The lowest BCUT2D eigenvalue weighted by Gasteiger charge is -2.22. The number of fused-ring (bicyclic) bond motifs is 1. The van der Waals surface area contributed by atoms with Crippen molar-refractivity contribution >= 4 is 0 Å². The average molecular weight is 208 g/mol. The van der Waals surface area contributed by atoms with Gasteiger partial charge in [-0.05, 0) is 25.5 Å². The molecule has 0 spiro atoms. The smallest absolute Gasteiger partial charge is 0.164 e. The molecule has 0 saturated carbocycles. The third-order valence-corrected chi connectivity index (χ3v) is 2.55. The molecule has 1 aromatic rings. The number of aliphatic hydroxyl groups is 1. The SMILES string of the molecule is Cc1ccc2c(c1CC(C)O)OCCO2. The molecule has 0 fully saturated rings. The van der Waals surface area contributed by atoms with Gasteiger partial charge in [0.05, 0.1) is 6.10 Å². The van der Waals surface area contributed by atoms with Crippen molar-refractivity contribution in [2.75, 3.05) is 13.2 Å². The van der Waals surface area contributed by atoms with Gasteiger partial charge in [0.1, 0.15) is 13.2 Å². The fourth-order valence-electron chi connectivity index (χ4n) is 1.82. The van der Waals surface area contributed by atoms with E-state index in [9.17, 15) is 5.11 Å². The van der Waals surface area contributed by atoms with Crippen LogP contribution in [-0.4, -0.2) is 24.4 Å². The second-order valence-corrected chi connectivity index (χ2v) is 3.94. The van der Waals surface area contributed by atoms with Crippen LogP contribution < -0.4 is 9.47 Å². The van der Waals surface area contributed by atoms with Crippen LogP contribution in [0.15, 0.2) is 12.1 Å². The van der Waals surface area contributed by atoms with Crippen molar-refractivity contribution in [1.82, 2.24) is 0 Å². The lowest BCUT2D eigenvalue weighted by atomic mass is 10.0. The standard InChI is InChI=1S/C12H16O3/c1-8-3-4-11-12(15-6-5-14-11)10(8)7-9(2)13/h3-4,9,13H,5-7H2,1-2H3. The zero-order chi connectivity index (χ0) is 10.8. The van der Waals surface area contributed by atoms with Gasteiger partial charge in [0, 0.05) is 12.0 Å². The highest BCUT2D eigenvalue weighted by atomic mass is 16.6. The molecule has 1 aliphatic heterocycles. The monoisotopic (exact) mass is 208 g/mol. The van der Waals surface area contributed by atoms with Gasteiger partial charge in [-0.3, -0.25) is 0 Å². The maximum Gasteiger partial charge on any atom is 0.164 e. The van der Waals surface area contributed by atoms with Crippen LogP contribution in [0, 0.1) is 6.92 Å². The summed E-state index contributed by atoms with van der Waals surface area (Å²) in [5, 5.41) is 9.44. The summed E-state index contributed by atoms with van der Waals surface area (Å²) in [6.45, 7) is 4.99. The van der Waals surface area contributed by atoms with Crippen LogP contribution in [-0.2, 0) is 6.42 Å². The zero-order valence-electron chi connectivity index (χ0n) is 9.12. The van der Waals surface area contributed by atoms with E-state index in [2.05, 4.69) is 0 Å². The summed E-state index contributed by atoms with van der Waals surface area (Å²) >= 11 is 0. The minimum absolute atomic E-state index is 0.360. The summed E-state index contributed by atoms with van der Waals surface area (Å²) in [6, 6.07) is 3.93. The highest BCUT2D eigenvalue weighted by Gasteiger charge is 2.18. The molecule has 0 amide bonds. The molecule has 15 heavy (non-hydrogen) atoms. The predicted molar refractivity (Wildman–Crippen MR) is 57.6 cm³/mol. The van der Waals surface area contributed by atoms with Gasteiger partial charge in [0.2, 0.25) is 0 Å². The van der Waals surface area contributed by atoms with Crippen molar-refractivity contribution in [3.05, 3.63) is 23.3 Å². The van der Waals surface area contributed by atoms with Gasteiger partial charge in [-0.25, -0.2) is 0 Å². The van der Waals surface area contributed by atoms with E-state index in [-0.39, 0.29) is 6.10 Å². The Hall–Kier alpha value is -1.22. The molecule has 1 N–H and O–H groups in total. The molecule has 1 aliphatic rings. The molecule has 3 nitrogen and oxygen atoms in total. The third kappa shape index (κ3) is 2.07. The Morgan fingerprint density at radius 2 is 2.07 bits per heavy atom. The Bertz CT molecular complexity index is 358. The van der Waals surface area contributed by atoms with E-state index in [0.29, 0.717) is 19.6 Å². The number of aryl methyl sites for hydroxylation is 1. The minimum Gasteiger partial charge on any atom is -0.486 e. The topological polar surface area (TPSA) is 38.7 Å². The third-order valence-electron chi connectivity index (χ3n) is 2.55. The fourth-order valence-corrected chi connectivity index (χ4v) is 1.82. The molecule has 0 aromatic heterocycles. The fraction of sp³-hybridized carbons (Fsp3) is 0.500. The van der Waals surface area contributed by atoms with E-state index in [1.165, 1.54) is 0 Å². The van der Waals surface area contributed by atoms with Gasteiger partial charge in [0.15, 0.2) is 11.5 Å². The van der Waals surface area contributed by atoms with Crippen molar-refractivity contribution in [3.63, 3.8) is 0 Å².